The first-order chi connectivity index (χ1) is 5.54. The van der Waals surface area contributed by atoms with Gasteiger partial charge in [0.2, 0.25) is 5.63 Å². The fourth-order valence-corrected chi connectivity index (χ4v) is 0.999. The molecular weight excluding hydrogens is 295 g/mol. The number of Topliss-reactive ketones (excluding diaryl/α,β-unsaturated/α-hetero) is 1. The maximum atomic E-state index is 11.0. The molecule has 1 aromatic heterocycles. The van der Waals surface area contributed by atoms with Gasteiger partial charge in [-0.3, -0.25) is 4.79 Å². The van der Waals surface area contributed by atoms with Crippen LogP contribution in [0.4, 0.5) is 0 Å². The van der Waals surface area contributed by atoms with Crippen molar-refractivity contribution in [3.05, 3.63) is 33.4 Å². The molecule has 0 aromatic carbocycles. The smallest absolute Gasteiger partial charge is 0.228 e. The molecule has 4 heteroatoms. The molecule has 1 heterocycles. The summed E-state index contributed by atoms with van der Waals surface area (Å²) >= 11 is 0. The van der Waals surface area contributed by atoms with Crippen molar-refractivity contribution in [3.8, 4) is 0 Å². The van der Waals surface area contributed by atoms with E-state index in [0.717, 1.165) is 0 Å². The third-order valence-corrected chi connectivity index (χ3v) is 1.79. The van der Waals surface area contributed by atoms with Gasteiger partial charge in [0, 0.05) is 41.9 Å². The summed E-state index contributed by atoms with van der Waals surface area (Å²) in [5, 5.41) is 0. The molecule has 0 aliphatic carbocycles. The molecule has 67 valence electrons. The van der Waals surface area contributed by atoms with E-state index in [0.29, 0.717) is 11.1 Å². The molecule has 0 amide bonds. The summed E-state index contributed by atoms with van der Waals surface area (Å²) in [5.41, 5.74) is 0.871. The van der Waals surface area contributed by atoms with Crippen molar-refractivity contribution in [1.82, 2.24) is 0 Å². The monoisotopic (exact) mass is 304 g/mol. The molecule has 0 spiro atoms. The third kappa shape index (κ3) is 2.63. The van der Waals surface area contributed by atoms with Crippen molar-refractivity contribution in [2.75, 3.05) is 0 Å². The Morgan fingerprint density at radius 2 is 1.92 bits per heavy atom. The summed E-state index contributed by atoms with van der Waals surface area (Å²) in [6, 6.07) is 0. The second-order valence-electron chi connectivity index (χ2n) is 2.67. The van der Waals surface area contributed by atoms with Crippen molar-refractivity contribution in [1.29, 1.82) is 0 Å². The van der Waals surface area contributed by atoms with Gasteiger partial charge in [0.25, 0.3) is 0 Å². The van der Waals surface area contributed by atoms with E-state index >= 15 is 0 Å². The number of hydrogen-bond donors (Lipinski definition) is 0. The second-order valence-corrected chi connectivity index (χ2v) is 2.67. The van der Waals surface area contributed by atoms with Gasteiger partial charge in [-0.25, -0.2) is 0 Å². The van der Waals surface area contributed by atoms with Crippen LogP contribution < -0.4 is 5.63 Å². The third-order valence-electron chi connectivity index (χ3n) is 1.79. The van der Waals surface area contributed by atoms with Gasteiger partial charge in [-0.2, -0.15) is 0 Å². The van der Waals surface area contributed by atoms with Crippen LogP contribution in [0.25, 0.3) is 0 Å². The minimum atomic E-state index is -0.606. The molecule has 0 aliphatic heterocycles. The summed E-state index contributed by atoms with van der Waals surface area (Å²) in [4.78, 5) is 22.0. The normalized spacial score (nSPS) is 9.15. The Morgan fingerprint density at radius 3 is 2.31 bits per heavy atom. The Balaban J connectivity index is 0.00000144. The van der Waals surface area contributed by atoms with Gasteiger partial charge in [-0.15, -0.1) is 11.1 Å². The van der Waals surface area contributed by atoms with Crippen LogP contribution in [0.2, 0.25) is 0 Å². The van der Waals surface area contributed by atoms with E-state index in [1.54, 1.807) is 13.8 Å². The molecule has 0 aliphatic rings. The molecule has 1 rings (SSSR count). The predicted molar refractivity (Wildman–Crippen MR) is 43.3 cm³/mol. The topological polar surface area (TPSA) is 47.3 Å². The number of aryl methyl sites for hydroxylation is 1. The van der Waals surface area contributed by atoms with Crippen molar-refractivity contribution in [2.45, 2.75) is 20.8 Å². The number of rotatable bonds is 1. The summed E-state index contributed by atoms with van der Waals surface area (Å²) in [5.74, 6) is -0.265. The molecule has 0 unspecified atom stereocenters. The van der Waals surface area contributed by atoms with Crippen molar-refractivity contribution in [2.24, 2.45) is 0 Å². The van der Waals surface area contributed by atoms with E-state index in [-0.39, 0.29) is 46.9 Å². The molecule has 0 N–H and O–H groups in total. The first kappa shape index (κ1) is 12.8. The van der Waals surface area contributed by atoms with Gasteiger partial charge in [-0.05, 0) is 12.5 Å². The van der Waals surface area contributed by atoms with Crippen LogP contribution in [0.5, 0.6) is 0 Å². The first-order valence-corrected chi connectivity index (χ1v) is 3.57. The summed E-state index contributed by atoms with van der Waals surface area (Å²) in [6.07, 6.45) is 2.42. The molecule has 3 nitrogen and oxygen atoms in total. The van der Waals surface area contributed by atoms with E-state index in [2.05, 4.69) is 10.7 Å². The van der Waals surface area contributed by atoms with Gasteiger partial charge in [0.05, 0.1) is 0 Å². The van der Waals surface area contributed by atoms with E-state index in [1.807, 2.05) is 0 Å². The Labute approximate surface area is 104 Å². The minimum absolute atomic E-state index is 0. The van der Waals surface area contributed by atoms with Crippen molar-refractivity contribution in [3.63, 3.8) is 0 Å². The van der Waals surface area contributed by atoms with E-state index in [4.69, 9.17) is 0 Å². The fraction of sp³-hybridized carbons (Fsp3) is 0.333. The molecule has 1 aromatic rings. The second kappa shape index (κ2) is 4.89. The van der Waals surface area contributed by atoms with Gasteiger partial charge < -0.3 is 9.21 Å². The van der Waals surface area contributed by atoms with Gasteiger partial charge in [0.15, 0.2) is 0 Å². The van der Waals surface area contributed by atoms with Crippen LogP contribution in [-0.4, -0.2) is 5.78 Å². The molecule has 0 saturated carbocycles. The largest absolute Gasteiger partial charge is 0.552 e. The fourth-order valence-electron chi connectivity index (χ4n) is 0.999. The Bertz CT molecular complexity index is 379. The van der Waals surface area contributed by atoms with Crippen LogP contribution in [0.3, 0.4) is 0 Å². The van der Waals surface area contributed by atoms with Crippen LogP contribution in [0, 0.1) is 55.7 Å². The van der Waals surface area contributed by atoms with Gasteiger partial charge >= 0.3 is 0 Å². The van der Waals surface area contributed by atoms with Crippen LogP contribution in [0.1, 0.15) is 28.4 Å². The zero-order valence-electron chi connectivity index (χ0n) is 7.80. The predicted octanol–water partition coefficient (Wildman–Crippen LogP) is 1.26. The molecule has 0 saturated heterocycles. The molecular formula is C9H9LaO3-. The SMILES string of the molecule is CC(=O)c1c(C)c(C)[c-]oc1=O.[La]. The molecule has 0 bridgehead atoms. The summed E-state index contributed by atoms with van der Waals surface area (Å²) in [6.45, 7) is 4.79. The van der Waals surface area contributed by atoms with Gasteiger partial charge in [0.1, 0.15) is 5.78 Å². The maximum absolute atomic E-state index is 11.0. The molecule has 0 fully saturated rings. The Kier molecular flexibility index (Phi) is 4.82. The molecule has 13 heavy (non-hydrogen) atoms. The quantitative estimate of drug-likeness (QED) is 0.580. The van der Waals surface area contributed by atoms with Crippen molar-refractivity contribution < 1.29 is 44.8 Å². The number of hydrogen-bond acceptors (Lipinski definition) is 3. The average molecular weight is 304 g/mol. The standard InChI is InChI=1S/C9H9O3.La/c1-5-4-12-9(11)8(6(5)2)7(3)10;/h1-3H3;/q-1;. The zero-order chi connectivity index (χ0) is 9.30. The Morgan fingerprint density at radius 1 is 1.38 bits per heavy atom. The van der Waals surface area contributed by atoms with Gasteiger partial charge in [-0.1, -0.05) is 13.8 Å². The van der Waals surface area contributed by atoms with Crippen LogP contribution >= 0.6 is 0 Å². The minimum Gasteiger partial charge on any atom is -0.552 e. The zero-order valence-corrected chi connectivity index (χ0v) is 11.4. The number of carbonyl (C=O) groups is 1. The molecule has 1 radical (unpaired) electrons. The molecule has 0 atom stereocenters. The van der Waals surface area contributed by atoms with Crippen LogP contribution in [-0.2, 0) is 0 Å². The first-order valence-electron chi connectivity index (χ1n) is 3.57. The Hall–Kier alpha value is -0.185. The maximum Gasteiger partial charge on any atom is 0.228 e. The summed E-state index contributed by atoms with van der Waals surface area (Å²) < 4.78 is 4.53. The van der Waals surface area contributed by atoms with Crippen molar-refractivity contribution >= 4 is 5.78 Å². The van der Waals surface area contributed by atoms with E-state index in [9.17, 15) is 9.59 Å². The van der Waals surface area contributed by atoms with E-state index in [1.165, 1.54) is 6.92 Å². The number of carbonyl (C=O) groups excluding carboxylic acids is 1. The average Bonchev–Trinajstić information content (AvgIpc) is 1.97. The van der Waals surface area contributed by atoms with Crippen LogP contribution in [0.15, 0.2) is 9.21 Å². The van der Waals surface area contributed by atoms with E-state index < -0.39 is 5.63 Å². The number of ketones is 1. The summed E-state index contributed by atoms with van der Waals surface area (Å²) in [7, 11) is 0.